The van der Waals surface area contributed by atoms with Gasteiger partial charge >= 0.3 is 0 Å². The van der Waals surface area contributed by atoms with Gasteiger partial charge in [-0.05, 0) is 32.9 Å². The number of benzene rings is 1. The Morgan fingerprint density at radius 1 is 1.20 bits per heavy atom. The maximum atomic E-state index is 12.9. The van der Waals surface area contributed by atoms with Crippen molar-refractivity contribution in [1.29, 1.82) is 0 Å². The van der Waals surface area contributed by atoms with Crippen LogP contribution in [0.5, 0.6) is 0 Å². The Labute approximate surface area is 148 Å². The third kappa shape index (κ3) is 3.96. The van der Waals surface area contributed by atoms with Crippen molar-refractivity contribution < 1.29 is 9.53 Å². The lowest BCUT2D eigenvalue weighted by molar-refractivity contribution is -0.0586. The minimum Gasteiger partial charge on any atom is -0.373 e. The first-order valence-electron chi connectivity index (χ1n) is 8.55. The quantitative estimate of drug-likeness (QED) is 0.930. The highest BCUT2D eigenvalue weighted by atomic mass is 16.5. The van der Waals surface area contributed by atoms with Crippen LogP contribution in [-0.2, 0) is 4.74 Å². The summed E-state index contributed by atoms with van der Waals surface area (Å²) in [5, 5.41) is 3.04. The number of ether oxygens (including phenoxy) is 1. The molecule has 25 heavy (non-hydrogen) atoms. The molecule has 132 valence electrons. The summed E-state index contributed by atoms with van der Waals surface area (Å²) < 4.78 is 5.71. The summed E-state index contributed by atoms with van der Waals surface area (Å²) in [5.41, 5.74) is 2.36. The first kappa shape index (κ1) is 17.4. The number of anilines is 1. The van der Waals surface area contributed by atoms with Gasteiger partial charge in [0.15, 0.2) is 5.82 Å². The molecule has 0 unspecified atom stereocenters. The molecule has 1 aromatic carbocycles. The lowest BCUT2D eigenvalue weighted by Crippen LogP contribution is -2.48. The van der Waals surface area contributed by atoms with Gasteiger partial charge in [0, 0.05) is 43.0 Å². The van der Waals surface area contributed by atoms with Gasteiger partial charge in [0.1, 0.15) is 5.82 Å². The lowest BCUT2D eigenvalue weighted by Gasteiger charge is -2.35. The van der Waals surface area contributed by atoms with Crippen molar-refractivity contribution in [2.45, 2.75) is 33.0 Å². The van der Waals surface area contributed by atoms with Crippen molar-refractivity contribution >= 4 is 11.7 Å². The fourth-order valence-corrected chi connectivity index (χ4v) is 3.14. The zero-order valence-electron chi connectivity index (χ0n) is 15.1. The monoisotopic (exact) mass is 340 g/mol. The number of carbonyl (C=O) groups is 1. The van der Waals surface area contributed by atoms with Gasteiger partial charge in [-0.3, -0.25) is 4.79 Å². The first-order valence-corrected chi connectivity index (χ1v) is 8.55. The topological polar surface area (TPSA) is 67.4 Å². The molecule has 0 radical (unpaired) electrons. The SMILES string of the molecule is CNc1cc(C)nc(-c2cccc(C(=O)N3C[C@@H](C)O[C@@H](C)C3)c2)n1. The molecule has 0 bridgehead atoms. The highest BCUT2D eigenvalue weighted by molar-refractivity contribution is 5.95. The van der Waals surface area contributed by atoms with Crippen LogP contribution in [0.4, 0.5) is 5.82 Å². The number of nitrogens with one attached hydrogen (secondary N) is 1. The van der Waals surface area contributed by atoms with Gasteiger partial charge in [-0.1, -0.05) is 12.1 Å². The third-order valence-corrected chi connectivity index (χ3v) is 4.18. The summed E-state index contributed by atoms with van der Waals surface area (Å²) >= 11 is 0. The summed E-state index contributed by atoms with van der Waals surface area (Å²) in [7, 11) is 1.83. The highest BCUT2D eigenvalue weighted by Gasteiger charge is 2.26. The fourth-order valence-electron chi connectivity index (χ4n) is 3.14. The lowest BCUT2D eigenvalue weighted by atomic mass is 10.1. The summed E-state index contributed by atoms with van der Waals surface area (Å²) in [5.74, 6) is 1.39. The zero-order valence-corrected chi connectivity index (χ0v) is 15.1. The average Bonchev–Trinajstić information content (AvgIpc) is 2.59. The number of rotatable bonds is 3. The van der Waals surface area contributed by atoms with Crippen LogP contribution >= 0.6 is 0 Å². The molecule has 1 aliphatic rings. The van der Waals surface area contributed by atoms with Gasteiger partial charge in [0.05, 0.1) is 12.2 Å². The Morgan fingerprint density at radius 2 is 1.92 bits per heavy atom. The maximum absolute atomic E-state index is 12.9. The second-order valence-corrected chi connectivity index (χ2v) is 6.52. The van der Waals surface area contributed by atoms with E-state index >= 15 is 0 Å². The van der Waals surface area contributed by atoms with E-state index in [-0.39, 0.29) is 18.1 Å². The molecule has 3 rings (SSSR count). The zero-order chi connectivity index (χ0) is 18.0. The predicted octanol–water partition coefficient (Wildman–Crippen LogP) is 2.74. The van der Waals surface area contributed by atoms with Gasteiger partial charge in [-0.15, -0.1) is 0 Å². The van der Waals surface area contributed by atoms with Gasteiger partial charge in [0.2, 0.25) is 0 Å². The van der Waals surface area contributed by atoms with Crippen molar-refractivity contribution in [3.8, 4) is 11.4 Å². The van der Waals surface area contributed by atoms with Crippen LogP contribution in [-0.4, -0.2) is 53.1 Å². The molecule has 1 aliphatic heterocycles. The Hall–Kier alpha value is -2.47. The minimum atomic E-state index is 0.0188. The summed E-state index contributed by atoms with van der Waals surface area (Å²) in [6.07, 6.45) is 0.100. The maximum Gasteiger partial charge on any atom is 0.254 e. The molecule has 6 heteroatoms. The fraction of sp³-hybridized carbons (Fsp3) is 0.421. The summed E-state index contributed by atoms with van der Waals surface area (Å²) in [6.45, 7) is 7.13. The molecule has 2 atom stereocenters. The summed E-state index contributed by atoms with van der Waals surface area (Å²) in [6, 6.07) is 9.39. The van der Waals surface area contributed by atoms with Crippen LogP contribution < -0.4 is 5.32 Å². The van der Waals surface area contributed by atoms with Crippen molar-refractivity contribution in [1.82, 2.24) is 14.9 Å². The number of hydrogen-bond acceptors (Lipinski definition) is 5. The molecule has 1 saturated heterocycles. The molecule has 2 heterocycles. The molecule has 2 aromatic rings. The van der Waals surface area contributed by atoms with Crippen molar-refractivity contribution in [2.24, 2.45) is 0 Å². The largest absolute Gasteiger partial charge is 0.373 e. The van der Waals surface area contributed by atoms with Crippen molar-refractivity contribution in [2.75, 3.05) is 25.5 Å². The number of hydrogen-bond donors (Lipinski definition) is 1. The van der Waals surface area contributed by atoms with Crippen LogP contribution in [0.3, 0.4) is 0 Å². The van der Waals surface area contributed by atoms with E-state index in [9.17, 15) is 4.79 Å². The van der Waals surface area contributed by atoms with Gasteiger partial charge in [-0.25, -0.2) is 9.97 Å². The van der Waals surface area contributed by atoms with Crippen LogP contribution in [0.25, 0.3) is 11.4 Å². The molecule has 6 nitrogen and oxygen atoms in total. The Balaban J connectivity index is 1.89. The Bertz CT molecular complexity index is 768. The van der Waals surface area contributed by atoms with Crippen LogP contribution in [0.1, 0.15) is 29.9 Å². The first-order chi connectivity index (χ1) is 12.0. The molecular weight excluding hydrogens is 316 g/mol. The number of nitrogens with zero attached hydrogens (tertiary/aromatic N) is 3. The Kier molecular flexibility index (Phi) is 4.99. The molecular formula is C19H24N4O2. The van der Waals surface area contributed by atoms with E-state index in [0.717, 1.165) is 17.1 Å². The molecule has 0 saturated carbocycles. The molecule has 1 amide bonds. The normalized spacial score (nSPS) is 20.4. The summed E-state index contributed by atoms with van der Waals surface area (Å²) in [4.78, 5) is 23.7. The van der Waals surface area contributed by atoms with Crippen LogP contribution in [0.15, 0.2) is 30.3 Å². The number of morpholine rings is 1. The minimum absolute atomic E-state index is 0.0188. The third-order valence-electron chi connectivity index (χ3n) is 4.18. The van der Waals surface area contributed by atoms with Crippen LogP contribution in [0, 0.1) is 6.92 Å². The second kappa shape index (κ2) is 7.19. The number of aryl methyl sites for hydroxylation is 1. The van der Waals surface area contributed by atoms with E-state index in [2.05, 4.69) is 15.3 Å². The smallest absolute Gasteiger partial charge is 0.254 e. The number of carbonyl (C=O) groups excluding carboxylic acids is 1. The van der Waals surface area contributed by atoms with E-state index in [4.69, 9.17) is 4.74 Å². The van der Waals surface area contributed by atoms with E-state index in [1.54, 1.807) is 0 Å². The standard InChI is InChI=1S/C19H24N4O2/c1-12-8-17(20-4)22-18(21-12)15-6-5-7-16(9-15)19(24)23-10-13(2)25-14(3)11-23/h5-9,13-14H,10-11H2,1-4H3,(H,20,21,22)/t13-,14+. The van der Waals surface area contributed by atoms with Crippen molar-refractivity contribution in [3.63, 3.8) is 0 Å². The predicted molar refractivity (Wildman–Crippen MR) is 97.7 cm³/mol. The Morgan fingerprint density at radius 3 is 2.60 bits per heavy atom. The van der Waals surface area contributed by atoms with E-state index < -0.39 is 0 Å². The van der Waals surface area contributed by atoms with Gasteiger partial charge < -0.3 is 15.0 Å². The van der Waals surface area contributed by atoms with Crippen molar-refractivity contribution in [3.05, 3.63) is 41.6 Å². The number of aromatic nitrogens is 2. The van der Waals surface area contributed by atoms with Gasteiger partial charge in [0.25, 0.3) is 5.91 Å². The van der Waals surface area contributed by atoms with E-state index in [1.807, 2.05) is 63.1 Å². The van der Waals surface area contributed by atoms with Gasteiger partial charge in [-0.2, -0.15) is 0 Å². The molecule has 0 aliphatic carbocycles. The average molecular weight is 340 g/mol. The van der Waals surface area contributed by atoms with E-state index in [1.165, 1.54) is 0 Å². The van der Waals surface area contributed by atoms with E-state index in [0.29, 0.717) is 24.5 Å². The number of amides is 1. The second-order valence-electron chi connectivity index (χ2n) is 6.52. The highest BCUT2D eigenvalue weighted by Crippen LogP contribution is 2.21. The molecule has 1 fully saturated rings. The van der Waals surface area contributed by atoms with Crippen LogP contribution in [0.2, 0.25) is 0 Å². The molecule has 1 aromatic heterocycles. The molecule has 0 spiro atoms. The molecule has 1 N–H and O–H groups in total.